The Morgan fingerprint density at radius 1 is 0.459 bits per heavy atom. The van der Waals surface area contributed by atoms with E-state index in [2.05, 4.69) is 210 Å². The van der Waals surface area contributed by atoms with Crippen LogP contribution in [0.5, 0.6) is 0 Å². The molecule has 0 radical (unpaired) electrons. The highest BCUT2D eigenvalue weighted by Gasteiger charge is 2.38. The molecule has 0 unspecified atom stereocenters. The average molecular weight is 826 g/mol. The van der Waals surface area contributed by atoms with Crippen molar-refractivity contribution in [1.82, 2.24) is 0 Å². The van der Waals surface area contributed by atoms with Gasteiger partial charge in [-0.2, -0.15) is 0 Å². The normalized spacial score (nSPS) is 15.2. The van der Waals surface area contributed by atoms with Gasteiger partial charge >= 0.3 is 0 Å². The van der Waals surface area contributed by atoms with Crippen LogP contribution in [-0.2, 0) is 10.8 Å². The highest BCUT2D eigenvalue weighted by atomic mass is 32.2. The topological polar surface area (TPSA) is 3.24 Å². The summed E-state index contributed by atoms with van der Waals surface area (Å²) in [4.78, 5) is 7.86. The Kier molecular flexibility index (Phi) is 9.70. The lowest BCUT2D eigenvalue weighted by Crippen LogP contribution is -2.17. The minimum atomic E-state index is -0.0998. The van der Waals surface area contributed by atoms with E-state index in [0.717, 1.165) is 11.4 Å². The van der Waals surface area contributed by atoms with Gasteiger partial charge in [-0.15, -0.1) is 0 Å². The number of fused-ring (bicyclic) bond motifs is 9. The van der Waals surface area contributed by atoms with Crippen LogP contribution in [0.25, 0.3) is 49.4 Å². The first-order chi connectivity index (χ1) is 29.6. The van der Waals surface area contributed by atoms with Gasteiger partial charge in [0.2, 0.25) is 0 Å². The molecule has 11 rings (SSSR count). The van der Waals surface area contributed by atoms with E-state index < -0.39 is 0 Å². The highest BCUT2D eigenvalue weighted by molar-refractivity contribution is 8.05. The lowest BCUT2D eigenvalue weighted by Gasteiger charge is -2.29. The molecule has 3 aliphatic rings. The largest absolute Gasteiger partial charge is 0.310 e. The molecule has 61 heavy (non-hydrogen) atoms. The minimum Gasteiger partial charge on any atom is -0.310 e. The van der Waals surface area contributed by atoms with Gasteiger partial charge in [0.25, 0.3) is 0 Å². The number of allylic oxidation sites excluding steroid dienone is 4. The van der Waals surface area contributed by atoms with Gasteiger partial charge in [-0.25, -0.2) is 0 Å². The first kappa shape index (κ1) is 39.4. The monoisotopic (exact) mass is 825 g/mol. The molecule has 0 aromatic heterocycles. The molecule has 0 amide bonds. The standard InChI is InChI=1S/C56H45NS2.C2H6/c1-7-12-42-34(2)55(3,4)49-31-41(25-28-45(42)49)57(40-24-27-44-38(29-40)18-17-36-13-8-9-14-43(36)44)39-22-19-35(20-23-39)37-21-26-46-47-32-53-54(33-50(47)56(5,6)48(46)30-37)59-52-16-11-10-15-51(52)58-53;1-2/h7-33H,1-6H3;1-2H3/b12-7-;. The van der Waals surface area contributed by atoms with Crippen molar-refractivity contribution < 1.29 is 0 Å². The third kappa shape index (κ3) is 6.31. The molecule has 0 N–H and O–H groups in total. The molecule has 0 bridgehead atoms. The van der Waals surface area contributed by atoms with E-state index in [1.807, 2.05) is 37.4 Å². The van der Waals surface area contributed by atoms with Gasteiger partial charge < -0.3 is 4.90 Å². The van der Waals surface area contributed by atoms with Crippen LogP contribution in [0.15, 0.2) is 189 Å². The smallest absolute Gasteiger partial charge is 0.0468 e. The summed E-state index contributed by atoms with van der Waals surface area (Å²) in [5.41, 5.74) is 16.8. The van der Waals surface area contributed by atoms with Crippen LogP contribution in [-0.4, -0.2) is 0 Å². The molecule has 1 heterocycles. The maximum absolute atomic E-state index is 2.47. The van der Waals surface area contributed by atoms with Crippen molar-refractivity contribution in [3.63, 3.8) is 0 Å². The summed E-state index contributed by atoms with van der Waals surface area (Å²) in [6.07, 6.45) is 4.44. The second-order valence-corrected chi connectivity index (χ2v) is 19.5. The van der Waals surface area contributed by atoms with E-state index in [4.69, 9.17) is 0 Å². The quantitative estimate of drug-likeness (QED) is 0.159. The summed E-state index contributed by atoms with van der Waals surface area (Å²) >= 11 is 3.81. The van der Waals surface area contributed by atoms with E-state index >= 15 is 0 Å². The molecule has 0 saturated heterocycles. The third-order valence-electron chi connectivity index (χ3n) is 13.4. The summed E-state index contributed by atoms with van der Waals surface area (Å²) in [5, 5.41) is 5.06. The molecule has 3 heteroatoms. The fourth-order valence-electron chi connectivity index (χ4n) is 9.87. The van der Waals surface area contributed by atoms with Crippen LogP contribution in [0, 0.1) is 0 Å². The lowest BCUT2D eigenvalue weighted by atomic mass is 9.81. The molecule has 0 spiro atoms. The SMILES string of the molecule is C/C=C\C1=C(C)C(C)(C)c2cc(N(c3ccc(-c4ccc5c(c4)C(C)(C)c4cc6c(cc4-5)Sc4ccccc4S6)cc3)c3ccc4c(ccc5ccccc54)c3)ccc21.CC. The van der Waals surface area contributed by atoms with Gasteiger partial charge in [-0.1, -0.05) is 168 Å². The van der Waals surface area contributed by atoms with Gasteiger partial charge in [-0.05, 0) is 152 Å². The van der Waals surface area contributed by atoms with Crippen molar-refractivity contribution in [1.29, 1.82) is 0 Å². The molecule has 8 aromatic carbocycles. The predicted octanol–water partition coefficient (Wildman–Crippen LogP) is 17.7. The number of hydrogen-bond donors (Lipinski definition) is 0. The van der Waals surface area contributed by atoms with Gasteiger partial charge in [0.15, 0.2) is 0 Å². The first-order valence-corrected chi connectivity index (χ1v) is 23.3. The first-order valence-electron chi connectivity index (χ1n) is 21.7. The molecule has 8 aromatic rings. The fraction of sp³-hybridized carbons (Fsp3) is 0.172. The molecule has 1 aliphatic heterocycles. The van der Waals surface area contributed by atoms with E-state index in [1.165, 1.54) is 102 Å². The van der Waals surface area contributed by atoms with Crippen molar-refractivity contribution in [3.8, 4) is 22.3 Å². The Morgan fingerprint density at radius 2 is 1.03 bits per heavy atom. The van der Waals surface area contributed by atoms with Crippen LogP contribution in [0.2, 0.25) is 0 Å². The Labute approximate surface area is 370 Å². The van der Waals surface area contributed by atoms with Gasteiger partial charge in [0.1, 0.15) is 0 Å². The average Bonchev–Trinajstić information content (AvgIpc) is 3.62. The van der Waals surface area contributed by atoms with Gasteiger partial charge in [0.05, 0.1) is 0 Å². The summed E-state index contributed by atoms with van der Waals surface area (Å²) in [7, 11) is 0. The Balaban J connectivity index is 0.00000220. The zero-order valence-corrected chi connectivity index (χ0v) is 38.0. The number of nitrogens with zero attached hydrogens (tertiary/aromatic N) is 1. The van der Waals surface area contributed by atoms with Crippen LogP contribution >= 0.6 is 23.5 Å². The second-order valence-electron chi connectivity index (χ2n) is 17.3. The summed E-state index contributed by atoms with van der Waals surface area (Å²) in [6, 6.07) is 57.3. The Hall–Kier alpha value is -5.74. The summed E-state index contributed by atoms with van der Waals surface area (Å²) in [5.74, 6) is 0. The molecular weight excluding hydrogens is 775 g/mol. The molecule has 300 valence electrons. The van der Waals surface area contributed by atoms with Crippen molar-refractivity contribution in [2.75, 3.05) is 4.90 Å². The van der Waals surface area contributed by atoms with Crippen molar-refractivity contribution in [2.45, 2.75) is 85.8 Å². The van der Waals surface area contributed by atoms with Crippen LogP contribution in [0.1, 0.15) is 77.6 Å². The predicted molar refractivity (Wildman–Crippen MR) is 266 cm³/mol. The second kappa shape index (κ2) is 15.0. The maximum atomic E-state index is 2.47. The Bertz CT molecular complexity index is 3130. The summed E-state index contributed by atoms with van der Waals surface area (Å²) < 4.78 is 0. The maximum Gasteiger partial charge on any atom is 0.0468 e. The number of rotatable bonds is 5. The molecule has 0 saturated carbocycles. The van der Waals surface area contributed by atoms with Crippen LogP contribution < -0.4 is 4.90 Å². The van der Waals surface area contributed by atoms with Crippen LogP contribution in [0.4, 0.5) is 17.1 Å². The lowest BCUT2D eigenvalue weighted by molar-refractivity contribution is 0.639. The Morgan fingerprint density at radius 3 is 1.79 bits per heavy atom. The third-order valence-corrected chi connectivity index (χ3v) is 15.9. The van der Waals surface area contributed by atoms with E-state index in [1.54, 1.807) is 0 Å². The van der Waals surface area contributed by atoms with E-state index in [-0.39, 0.29) is 10.8 Å². The highest BCUT2D eigenvalue weighted by Crippen LogP contribution is 2.56. The minimum absolute atomic E-state index is 0.0684. The van der Waals surface area contributed by atoms with E-state index in [9.17, 15) is 0 Å². The molecular formula is C58H51NS2. The zero-order valence-electron chi connectivity index (χ0n) is 36.4. The summed E-state index contributed by atoms with van der Waals surface area (Å²) in [6.45, 7) is 17.9. The number of benzene rings is 8. The fourth-order valence-corrected chi connectivity index (χ4v) is 12.1. The van der Waals surface area contributed by atoms with Crippen molar-refractivity contribution in [2.24, 2.45) is 0 Å². The molecule has 0 fully saturated rings. The van der Waals surface area contributed by atoms with Gasteiger partial charge in [-0.3, -0.25) is 0 Å². The molecule has 0 atom stereocenters. The molecule has 1 nitrogen and oxygen atoms in total. The van der Waals surface area contributed by atoms with Crippen molar-refractivity contribution in [3.05, 3.63) is 192 Å². The van der Waals surface area contributed by atoms with Gasteiger partial charge in [0, 0.05) is 47.5 Å². The van der Waals surface area contributed by atoms with Crippen molar-refractivity contribution >= 4 is 67.7 Å². The molecule has 2 aliphatic carbocycles. The van der Waals surface area contributed by atoms with Crippen LogP contribution in [0.3, 0.4) is 0 Å². The van der Waals surface area contributed by atoms with E-state index in [0.29, 0.717) is 0 Å². The zero-order chi connectivity index (χ0) is 42.2. The number of hydrogen-bond acceptors (Lipinski definition) is 3. The number of anilines is 3.